The number of rotatable bonds is 1. The smallest absolute Gasteiger partial charge is 0.312 e. The predicted molar refractivity (Wildman–Crippen MR) is 76.5 cm³/mol. The van der Waals surface area contributed by atoms with E-state index in [2.05, 4.69) is 36.7 Å². The van der Waals surface area contributed by atoms with E-state index in [1.54, 1.807) is 0 Å². The molecule has 3 saturated carbocycles. The zero-order valence-corrected chi connectivity index (χ0v) is 14.5. The molecule has 1 N–H and O–H groups in total. The molecule has 0 aromatic heterocycles. The number of hydrogen-bond acceptors (Lipinski definition) is 6. The van der Waals surface area contributed by atoms with Gasteiger partial charge in [0.25, 0.3) is 0 Å². The Morgan fingerprint density at radius 1 is 1.22 bits per heavy atom. The minimum Gasteiger partial charge on any atom is -0.459 e. The van der Waals surface area contributed by atoms with Gasteiger partial charge in [-0.3, -0.25) is 4.79 Å². The van der Waals surface area contributed by atoms with Gasteiger partial charge in [-0.05, 0) is 6.92 Å². The number of epoxide rings is 1. The number of esters is 1. The summed E-state index contributed by atoms with van der Waals surface area (Å²) in [5.41, 5.74) is -3.22. The van der Waals surface area contributed by atoms with Crippen molar-refractivity contribution in [3.63, 3.8) is 0 Å². The molecule has 2 spiro atoms. The number of hydrogen-bond donors (Lipinski definition) is 1. The topological polar surface area (TPSA) is 77.5 Å². The zero-order valence-electron chi connectivity index (χ0n) is 13.0. The van der Waals surface area contributed by atoms with Gasteiger partial charge in [0.05, 0.1) is 22.3 Å². The van der Waals surface area contributed by atoms with Gasteiger partial charge in [-0.1, -0.05) is 29.8 Å². The van der Waals surface area contributed by atoms with E-state index in [4.69, 9.17) is 18.9 Å². The lowest BCUT2D eigenvalue weighted by Gasteiger charge is -2.67. The van der Waals surface area contributed by atoms with E-state index in [9.17, 15) is 9.90 Å². The summed E-state index contributed by atoms with van der Waals surface area (Å²) in [7, 11) is 0. The monoisotopic (exact) mass is 384 g/mol. The SMILES string of the molecule is CC12C3OC(=O)C1[C@@H]1O[C@]14C21O[C@](C)(CBr)C2C3O[C@@]4(O)C21C. The first kappa shape index (κ1) is 13.1. The molecule has 3 aliphatic carbocycles. The van der Waals surface area contributed by atoms with Crippen molar-refractivity contribution in [2.75, 3.05) is 5.33 Å². The fourth-order valence-electron chi connectivity index (χ4n) is 8.42. The molecule has 23 heavy (non-hydrogen) atoms. The van der Waals surface area contributed by atoms with Crippen LogP contribution in [0.2, 0.25) is 0 Å². The minimum atomic E-state index is -1.39. The molecule has 0 amide bonds. The maximum absolute atomic E-state index is 12.6. The largest absolute Gasteiger partial charge is 0.459 e. The average molecular weight is 385 g/mol. The van der Waals surface area contributed by atoms with Gasteiger partial charge in [-0.2, -0.15) is 0 Å². The Bertz CT molecular complexity index is 759. The first-order valence-corrected chi connectivity index (χ1v) is 9.38. The Hall–Kier alpha value is -0.210. The van der Waals surface area contributed by atoms with Gasteiger partial charge < -0.3 is 24.1 Å². The predicted octanol–water partition coefficient (Wildman–Crippen LogP) is 0.345. The highest BCUT2D eigenvalue weighted by Crippen LogP contribution is 2.97. The van der Waals surface area contributed by atoms with Crippen LogP contribution < -0.4 is 0 Å². The Morgan fingerprint density at radius 2 is 1.96 bits per heavy atom. The lowest BCUT2D eigenvalue weighted by molar-refractivity contribution is -0.417. The second kappa shape index (κ2) is 2.72. The van der Waals surface area contributed by atoms with Gasteiger partial charge in [-0.15, -0.1) is 0 Å². The van der Waals surface area contributed by atoms with Crippen molar-refractivity contribution in [3.8, 4) is 0 Å². The van der Waals surface area contributed by atoms with E-state index in [0.29, 0.717) is 5.33 Å². The number of carbonyl (C=O) groups excluding carboxylic acids is 1. The molecule has 0 aromatic carbocycles. The molecule has 124 valence electrons. The van der Waals surface area contributed by atoms with Crippen LogP contribution in [0.3, 0.4) is 0 Å². The van der Waals surface area contributed by atoms with Crippen molar-refractivity contribution in [2.45, 2.75) is 61.7 Å². The quantitative estimate of drug-likeness (QED) is 0.399. The van der Waals surface area contributed by atoms with E-state index in [1.165, 1.54) is 0 Å². The van der Waals surface area contributed by atoms with Crippen molar-refractivity contribution in [3.05, 3.63) is 0 Å². The van der Waals surface area contributed by atoms with E-state index < -0.39 is 33.4 Å². The highest BCUT2D eigenvalue weighted by Gasteiger charge is 3.16. The third-order valence-corrected chi connectivity index (χ3v) is 9.89. The Morgan fingerprint density at radius 3 is 2.65 bits per heavy atom. The molecule has 0 aromatic rings. The molecule has 7 heteroatoms. The fourth-order valence-corrected chi connectivity index (χ4v) is 8.89. The third-order valence-electron chi connectivity index (χ3n) is 8.78. The molecular weight excluding hydrogens is 368 g/mol. The molecule has 7 unspecified atom stereocenters. The molecule has 4 bridgehead atoms. The number of aliphatic hydroxyl groups is 1. The fraction of sp³-hybridized carbons (Fsp3) is 0.938. The van der Waals surface area contributed by atoms with Gasteiger partial charge in [0.2, 0.25) is 5.79 Å². The molecule has 4 saturated heterocycles. The van der Waals surface area contributed by atoms with Crippen molar-refractivity contribution in [2.24, 2.45) is 22.7 Å². The van der Waals surface area contributed by atoms with Crippen LogP contribution >= 0.6 is 15.9 Å². The van der Waals surface area contributed by atoms with Crippen LogP contribution in [-0.4, -0.2) is 57.3 Å². The van der Waals surface area contributed by atoms with E-state index in [1.807, 2.05) is 0 Å². The molecule has 0 radical (unpaired) electrons. The van der Waals surface area contributed by atoms with Crippen LogP contribution in [0.25, 0.3) is 0 Å². The van der Waals surface area contributed by atoms with Crippen molar-refractivity contribution < 1.29 is 28.8 Å². The second-order valence-electron chi connectivity index (χ2n) is 9.03. The van der Waals surface area contributed by atoms with E-state index in [0.717, 1.165) is 0 Å². The second-order valence-corrected chi connectivity index (χ2v) is 9.59. The zero-order chi connectivity index (χ0) is 16.0. The molecule has 7 aliphatic rings. The van der Waals surface area contributed by atoms with Crippen LogP contribution in [0.1, 0.15) is 20.8 Å². The van der Waals surface area contributed by atoms with Crippen LogP contribution in [0.4, 0.5) is 0 Å². The summed E-state index contributed by atoms with van der Waals surface area (Å²) in [5, 5.41) is 12.2. The third kappa shape index (κ3) is 0.683. The van der Waals surface area contributed by atoms with E-state index >= 15 is 0 Å². The van der Waals surface area contributed by atoms with Gasteiger partial charge in [0, 0.05) is 11.2 Å². The van der Waals surface area contributed by atoms with Gasteiger partial charge >= 0.3 is 5.97 Å². The summed E-state index contributed by atoms with van der Waals surface area (Å²) in [5.74, 6) is -2.03. The Balaban J connectivity index is 1.65. The molecule has 4 aliphatic heterocycles. The number of halogens is 1. The van der Waals surface area contributed by atoms with Crippen LogP contribution in [0.15, 0.2) is 0 Å². The maximum Gasteiger partial charge on any atom is 0.312 e. The normalized spacial score (nSPS) is 80.2. The van der Waals surface area contributed by atoms with Gasteiger partial charge in [-0.25, -0.2) is 0 Å². The summed E-state index contributed by atoms with van der Waals surface area (Å²) < 4.78 is 24.9. The summed E-state index contributed by atoms with van der Waals surface area (Å²) in [6.45, 7) is 6.21. The van der Waals surface area contributed by atoms with Gasteiger partial charge in [0.1, 0.15) is 23.9 Å². The number of ether oxygens (including phenoxy) is 4. The Kier molecular flexibility index (Phi) is 1.55. The standard InChI is InChI=1S/C16H17BrO6/c1-11(4-17)7-6-9-12(2)5(10(18)20-9)8-14(22-8)15(12,23-11)13(7,3)16(14,19)21-6/h5-9,19H,4H2,1-3H3/t5?,6?,7?,8-,9?,11+,12?,13?,14-,15?,16-/m0/s1. The first-order chi connectivity index (χ1) is 10.7. The number of fused-ring (bicyclic) bond motifs is 2. The van der Waals surface area contributed by atoms with E-state index in [-0.39, 0.29) is 36.1 Å². The van der Waals surface area contributed by atoms with Crippen LogP contribution in [-0.2, 0) is 23.7 Å². The highest BCUT2D eigenvalue weighted by atomic mass is 79.9. The highest BCUT2D eigenvalue weighted by molar-refractivity contribution is 9.09. The van der Waals surface area contributed by atoms with Gasteiger partial charge in [0.15, 0.2) is 5.60 Å². The van der Waals surface area contributed by atoms with Crippen LogP contribution in [0.5, 0.6) is 0 Å². The number of carbonyl (C=O) groups is 1. The molecule has 7 rings (SSSR count). The van der Waals surface area contributed by atoms with Crippen molar-refractivity contribution in [1.29, 1.82) is 0 Å². The maximum atomic E-state index is 12.6. The Labute approximate surface area is 140 Å². The number of alkyl halides is 1. The molecule has 4 heterocycles. The molecule has 6 nitrogen and oxygen atoms in total. The molecule has 11 atom stereocenters. The summed E-state index contributed by atoms with van der Waals surface area (Å²) >= 11 is 3.60. The lowest BCUT2D eigenvalue weighted by atomic mass is 9.36. The minimum absolute atomic E-state index is 0.0439. The molecule has 7 fully saturated rings. The summed E-state index contributed by atoms with van der Waals surface area (Å²) in [6, 6.07) is 0. The van der Waals surface area contributed by atoms with Crippen molar-refractivity contribution >= 4 is 21.9 Å². The summed E-state index contributed by atoms with van der Waals surface area (Å²) in [4.78, 5) is 12.6. The van der Waals surface area contributed by atoms with Crippen LogP contribution in [0, 0.1) is 22.7 Å². The average Bonchev–Trinajstić information content (AvgIpc) is 3.03. The summed E-state index contributed by atoms with van der Waals surface area (Å²) in [6.07, 6.45) is -1.09. The van der Waals surface area contributed by atoms with Crippen molar-refractivity contribution in [1.82, 2.24) is 0 Å². The lowest BCUT2D eigenvalue weighted by Crippen LogP contribution is -2.87. The first-order valence-electron chi connectivity index (χ1n) is 8.26. The molecular formula is C16H17BrO6.